The maximum absolute atomic E-state index is 10.7. The standard InChI is InChI=1S/C12H13N3OS/c1-9(16)7-13-11-15-12(17-11)14-8-10-5-3-2-4-6-10/h2-6H,7-8H2,1H3,(H,13,14,15). The van der Waals surface area contributed by atoms with E-state index in [4.69, 9.17) is 0 Å². The van der Waals surface area contributed by atoms with Gasteiger partial charge in [-0.1, -0.05) is 30.3 Å². The van der Waals surface area contributed by atoms with E-state index in [1.54, 1.807) is 0 Å². The number of benzene rings is 1. The number of hydrogen-bond acceptors (Lipinski definition) is 4. The van der Waals surface area contributed by atoms with Crippen LogP contribution < -0.4 is 5.32 Å². The molecule has 0 unspecified atom stereocenters. The van der Waals surface area contributed by atoms with Gasteiger partial charge in [0.25, 0.3) is 0 Å². The highest BCUT2D eigenvalue weighted by Crippen LogP contribution is 2.15. The molecule has 1 aliphatic rings. The molecule has 1 aromatic rings. The van der Waals surface area contributed by atoms with E-state index in [1.165, 1.54) is 24.2 Å². The lowest BCUT2D eigenvalue weighted by Crippen LogP contribution is -2.38. The average molecular weight is 247 g/mol. The molecule has 88 valence electrons. The van der Waals surface area contributed by atoms with Crippen molar-refractivity contribution in [2.45, 2.75) is 13.5 Å². The third-order valence-electron chi connectivity index (χ3n) is 2.10. The number of nitrogens with one attached hydrogen (secondary N) is 1. The fourth-order valence-electron chi connectivity index (χ4n) is 1.26. The molecule has 1 saturated heterocycles. The second kappa shape index (κ2) is 5.63. The summed E-state index contributed by atoms with van der Waals surface area (Å²) in [5, 5.41) is 4.64. The van der Waals surface area contributed by atoms with Crippen molar-refractivity contribution in [1.82, 2.24) is 5.32 Å². The molecule has 0 amide bonds. The highest BCUT2D eigenvalue weighted by Gasteiger charge is 2.18. The fraction of sp³-hybridized carbons (Fsp3) is 0.250. The van der Waals surface area contributed by atoms with Gasteiger partial charge in [0.05, 0.1) is 6.54 Å². The summed E-state index contributed by atoms with van der Waals surface area (Å²) in [4.78, 5) is 19.2. The van der Waals surface area contributed by atoms with Gasteiger partial charge >= 0.3 is 0 Å². The van der Waals surface area contributed by atoms with Gasteiger partial charge < -0.3 is 5.32 Å². The number of ketones is 1. The Bertz CT molecular complexity index is 458. The Labute approximate surface area is 104 Å². The Hall–Kier alpha value is -1.62. The maximum Gasteiger partial charge on any atom is 0.170 e. The average Bonchev–Trinajstić information content (AvgIpc) is 2.27. The van der Waals surface area contributed by atoms with E-state index in [0.717, 1.165) is 10.3 Å². The van der Waals surface area contributed by atoms with Crippen molar-refractivity contribution in [3.63, 3.8) is 0 Å². The predicted octanol–water partition coefficient (Wildman–Crippen LogP) is 1.82. The predicted molar refractivity (Wildman–Crippen MR) is 71.3 cm³/mol. The zero-order valence-electron chi connectivity index (χ0n) is 9.51. The summed E-state index contributed by atoms with van der Waals surface area (Å²) < 4.78 is 0. The molecule has 0 spiro atoms. The number of thioether (sulfide) groups is 1. The van der Waals surface area contributed by atoms with E-state index in [1.807, 2.05) is 30.3 Å². The minimum atomic E-state index is 0.0644. The number of carbonyl (C=O) groups excluding carboxylic acids is 1. The molecule has 2 rings (SSSR count). The topological polar surface area (TPSA) is 53.8 Å². The zero-order chi connectivity index (χ0) is 12.1. The van der Waals surface area contributed by atoms with Crippen LogP contribution in [0.1, 0.15) is 12.5 Å². The summed E-state index contributed by atoms with van der Waals surface area (Å²) in [5.41, 5.74) is 1.18. The van der Waals surface area contributed by atoms with Crippen LogP contribution in [0.25, 0.3) is 0 Å². The van der Waals surface area contributed by atoms with Crippen molar-refractivity contribution in [1.29, 1.82) is 0 Å². The minimum Gasteiger partial charge on any atom is -0.314 e. The molecule has 1 aromatic carbocycles. The molecular formula is C12H13N3OS. The first-order chi connectivity index (χ1) is 8.24. The lowest BCUT2D eigenvalue weighted by atomic mass is 10.2. The van der Waals surface area contributed by atoms with Crippen LogP contribution in [0.15, 0.2) is 40.3 Å². The van der Waals surface area contributed by atoms with Crippen LogP contribution in [0.5, 0.6) is 0 Å². The Balaban J connectivity index is 1.80. The molecule has 0 aliphatic carbocycles. The van der Waals surface area contributed by atoms with Gasteiger partial charge in [0.15, 0.2) is 16.1 Å². The number of carbonyl (C=O) groups is 1. The van der Waals surface area contributed by atoms with E-state index in [2.05, 4.69) is 15.3 Å². The Morgan fingerprint density at radius 2 is 1.88 bits per heavy atom. The first-order valence-electron chi connectivity index (χ1n) is 5.31. The Morgan fingerprint density at radius 1 is 1.24 bits per heavy atom. The van der Waals surface area contributed by atoms with Gasteiger partial charge in [-0.3, -0.25) is 14.8 Å². The van der Waals surface area contributed by atoms with Gasteiger partial charge in [-0.15, -0.1) is 0 Å². The number of rotatable bonds is 4. The summed E-state index contributed by atoms with van der Waals surface area (Å²) in [6.07, 6.45) is 0. The smallest absolute Gasteiger partial charge is 0.170 e. The number of amidine groups is 2. The largest absolute Gasteiger partial charge is 0.314 e. The number of Topliss-reactive ketones (excluding diaryl/α,β-unsaturated/α-hetero) is 1. The first kappa shape index (κ1) is 11.9. The van der Waals surface area contributed by atoms with Gasteiger partial charge in [0, 0.05) is 0 Å². The molecule has 0 aromatic heterocycles. The number of nitrogens with zero attached hydrogens (tertiary/aromatic N) is 2. The molecule has 1 fully saturated rings. The highest BCUT2D eigenvalue weighted by atomic mass is 32.2. The summed E-state index contributed by atoms with van der Waals surface area (Å²) in [5.74, 6) is 0.0644. The van der Waals surface area contributed by atoms with Crippen molar-refractivity contribution in [2.75, 3.05) is 6.54 Å². The summed E-state index contributed by atoms with van der Waals surface area (Å²) in [6.45, 7) is 2.43. The van der Waals surface area contributed by atoms with Gasteiger partial charge in [-0.25, -0.2) is 0 Å². The molecule has 5 heteroatoms. The Morgan fingerprint density at radius 3 is 2.53 bits per heavy atom. The lowest BCUT2D eigenvalue weighted by molar-refractivity contribution is -0.115. The van der Waals surface area contributed by atoms with Gasteiger partial charge in [-0.05, 0) is 24.2 Å². The van der Waals surface area contributed by atoms with Crippen molar-refractivity contribution < 1.29 is 4.79 Å². The van der Waals surface area contributed by atoms with Crippen LogP contribution in [0.2, 0.25) is 0 Å². The molecule has 0 saturated carbocycles. The summed E-state index contributed by atoms with van der Waals surface area (Å²) >= 11 is 1.47. The van der Waals surface area contributed by atoms with E-state index in [9.17, 15) is 4.79 Å². The SMILES string of the molecule is CC(=O)CN=C1NC(=NCc2ccccc2)S1. The molecule has 0 atom stereocenters. The molecule has 4 nitrogen and oxygen atoms in total. The second-order valence-electron chi connectivity index (χ2n) is 3.66. The zero-order valence-corrected chi connectivity index (χ0v) is 10.3. The number of aliphatic imine (C=N–C) groups is 2. The first-order valence-corrected chi connectivity index (χ1v) is 6.13. The molecule has 1 N–H and O–H groups in total. The van der Waals surface area contributed by atoms with E-state index >= 15 is 0 Å². The minimum absolute atomic E-state index is 0.0644. The summed E-state index contributed by atoms with van der Waals surface area (Å²) in [6, 6.07) is 10.1. The van der Waals surface area contributed by atoms with E-state index in [-0.39, 0.29) is 12.3 Å². The molecular weight excluding hydrogens is 234 g/mol. The molecule has 17 heavy (non-hydrogen) atoms. The lowest BCUT2D eigenvalue weighted by Gasteiger charge is -2.19. The van der Waals surface area contributed by atoms with Crippen LogP contribution in [0.4, 0.5) is 0 Å². The van der Waals surface area contributed by atoms with Crippen LogP contribution in [-0.4, -0.2) is 22.7 Å². The number of hydrogen-bond donors (Lipinski definition) is 1. The third kappa shape index (κ3) is 3.71. The fourth-order valence-corrected chi connectivity index (χ4v) is 1.84. The van der Waals surface area contributed by atoms with Crippen LogP contribution in [0, 0.1) is 0 Å². The third-order valence-corrected chi connectivity index (χ3v) is 2.95. The monoisotopic (exact) mass is 247 g/mol. The molecule has 1 aliphatic heterocycles. The van der Waals surface area contributed by atoms with Gasteiger partial charge in [0.1, 0.15) is 6.54 Å². The molecule has 0 bridgehead atoms. The van der Waals surface area contributed by atoms with Crippen molar-refractivity contribution in [2.24, 2.45) is 9.98 Å². The summed E-state index contributed by atoms with van der Waals surface area (Å²) in [7, 11) is 0. The molecule has 1 heterocycles. The quantitative estimate of drug-likeness (QED) is 0.883. The van der Waals surface area contributed by atoms with Crippen LogP contribution in [0.3, 0.4) is 0 Å². The second-order valence-corrected chi connectivity index (χ2v) is 4.63. The maximum atomic E-state index is 10.7. The van der Waals surface area contributed by atoms with Crippen LogP contribution in [-0.2, 0) is 11.3 Å². The van der Waals surface area contributed by atoms with Gasteiger partial charge in [0.2, 0.25) is 0 Å². The Kier molecular flexibility index (Phi) is 3.93. The van der Waals surface area contributed by atoms with Crippen molar-refractivity contribution in [3.8, 4) is 0 Å². The van der Waals surface area contributed by atoms with Crippen molar-refractivity contribution >= 4 is 27.9 Å². The van der Waals surface area contributed by atoms with Crippen LogP contribution >= 0.6 is 11.8 Å². The highest BCUT2D eigenvalue weighted by molar-refractivity contribution is 8.29. The normalized spacial score (nSPS) is 18.9. The molecule has 0 radical (unpaired) electrons. The van der Waals surface area contributed by atoms with E-state index < -0.39 is 0 Å². The van der Waals surface area contributed by atoms with Crippen molar-refractivity contribution in [3.05, 3.63) is 35.9 Å². The van der Waals surface area contributed by atoms with E-state index in [0.29, 0.717) is 6.54 Å². The van der Waals surface area contributed by atoms with Gasteiger partial charge in [-0.2, -0.15) is 0 Å².